The largest absolute Gasteiger partial charge is 0.395 e. The average molecular weight is 233 g/mol. The second-order valence-electron chi connectivity index (χ2n) is 5.64. The predicted molar refractivity (Wildman–Crippen MR) is 72.6 cm³/mol. The van der Waals surface area contributed by atoms with E-state index in [1.54, 1.807) is 0 Å². The summed E-state index contributed by atoms with van der Waals surface area (Å²) >= 11 is 0. The maximum atomic E-state index is 9.36. The first-order chi connectivity index (χ1) is 8.13. The fraction of sp³-hybridized carbons (Fsp3) is 0.600. The molecule has 1 aromatic carbocycles. The molecule has 0 unspecified atom stereocenters. The van der Waals surface area contributed by atoms with E-state index in [0.29, 0.717) is 0 Å². The van der Waals surface area contributed by atoms with Gasteiger partial charge in [0.05, 0.1) is 6.61 Å². The Morgan fingerprint density at radius 1 is 1.06 bits per heavy atom. The van der Waals surface area contributed by atoms with Crippen LogP contribution in [0.5, 0.6) is 0 Å². The van der Waals surface area contributed by atoms with Gasteiger partial charge in [-0.05, 0) is 37.0 Å². The first-order valence-corrected chi connectivity index (χ1v) is 6.60. The first kappa shape index (κ1) is 12.4. The van der Waals surface area contributed by atoms with Gasteiger partial charge >= 0.3 is 0 Å². The van der Waals surface area contributed by atoms with Crippen molar-refractivity contribution in [2.45, 2.75) is 38.5 Å². The number of nitrogens with zero attached hydrogens (tertiary/aromatic N) is 1. The number of rotatable bonds is 3. The first-order valence-electron chi connectivity index (χ1n) is 6.60. The van der Waals surface area contributed by atoms with Gasteiger partial charge < -0.3 is 10.0 Å². The normalized spacial score (nSPS) is 17.2. The fourth-order valence-electron chi connectivity index (χ4n) is 2.37. The third kappa shape index (κ3) is 2.81. The monoisotopic (exact) mass is 233 g/mol. The molecular formula is C15H23NO. The maximum Gasteiger partial charge on any atom is 0.0522 e. The molecule has 0 saturated carbocycles. The van der Waals surface area contributed by atoms with Crippen LogP contribution in [0, 0.1) is 0 Å². The predicted octanol–water partition coefficient (Wildman–Crippen LogP) is 2.95. The van der Waals surface area contributed by atoms with E-state index in [1.807, 2.05) is 0 Å². The molecule has 94 valence electrons. The van der Waals surface area contributed by atoms with E-state index in [0.717, 1.165) is 0 Å². The van der Waals surface area contributed by atoms with Crippen molar-refractivity contribution in [2.75, 3.05) is 24.6 Å². The molecule has 0 bridgehead atoms. The second-order valence-corrected chi connectivity index (χ2v) is 5.64. The van der Waals surface area contributed by atoms with Crippen LogP contribution in [0.3, 0.4) is 0 Å². The van der Waals surface area contributed by atoms with Crippen molar-refractivity contribution < 1.29 is 5.11 Å². The summed E-state index contributed by atoms with van der Waals surface area (Å²) in [5.74, 6) is 0. The van der Waals surface area contributed by atoms with Crippen LogP contribution >= 0.6 is 0 Å². The molecule has 2 rings (SSSR count). The van der Waals surface area contributed by atoms with Gasteiger partial charge in [0.15, 0.2) is 0 Å². The minimum absolute atomic E-state index is 0.138. The van der Waals surface area contributed by atoms with Crippen LogP contribution in [-0.4, -0.2) is 24.8 Å². The average Bonchev–Trinajstić information content (AvgIpc) is 2.40. The highest BCUT2D eigenvalue weighted by Crippen LogP contribution is 2.26. The zero-order valence-corrected chi connectivity index (χ0v) is 10.9. The van der Waals surface area contributed by atoms with Crippen molar-refractivity contribution in [3.05, 3.63) is 29.8 Å². The Labute approximate surface area is 104 Å². The number of hydrogen-bond donors (Lipinski definition) is 1. The van der Waals surface area contributed by atoms with Crippen molar-refractivity contribution >= 4 is 5.69 Å². The van der Waals surface area contributed by atoms with Gasteiger partial charge in [-0.1, -0.05) is 26.0 Å². The Hall–Kier alpha value is -1.02. The summed E-state index contributed by atoms with van der Waals surface area (Å²) in [6, 6.07) is 8.69. The molecule has 0 aromatic heterocycles. The zero-order valence-electron chi connectivity index (χ0n) is 10.9. The number of piperidine rings is 1. The lowest BCUT2D eigenvalue weighted by Crippen LogP contribution is -2.29. The lowest BCUT2D eigenvalue weighted by molar-refractivity contribution is 0.218. The molecule has 2 heteroatoms. The van der Waals surface area contributed by atoms with Crippen LogP contribution < -0.4 is 4.90 Å². The SMILES string of the molecule is CC(C)(CO)c1ccc(N2CCCCC2)cc1. The molecule has 1 N–H and O–H groups in total. The summed E-state index contributed by atoms with van der Waals surface area (Å²) in [6.07, 6.45) is 3.99. The molecular weight excluding hydrogens is 210 g/mol. The molecule has 1 aromatic rings. The van der Waals surface area contributed by atoms with Gasteiger partial charge in [0.1, 0.15) is 0 Å². The Kier molecular flexibility index (Phi) is 3.72. The molecule has 2 nitrogen and oxygen atoms in total. The van der Waals surface area contributed by atoms with Crippen molar-refractivity contribution in [3.63, 3.8) is 0 Å². The van der Waals surface area contributed by atoms with E-state index >= 15 is 0 Å². The van der Waals surface area contributed by atoms with E-state index in [2.05, 4.69) is 43.0 Å². The van der Waals surface area contributed by atoms with Crippen LogP contribution in [0.15, 0.2) is 24.3 Å². The van der Waals surface area contributed by atoms with Crippen molar-refractivity contribution in [1.82, 2.24) is 0 Å². The Bertz CT molecular complexity index is 350. The summed E-state index contributed by atoms with van der Waals surface area (Å²) < 4.78 is 0. The van der Waals surface area contributed by atoms with Crippen LogP contribution in [0.1, 0.15) is 38.7 Å². The lowest BCUT2D eigenvalue weighted by Gasteiger charge is -2.30. The molecule has 0 atom stereocenters. The van der Waals surface area contributed by atoms with E-state index < -0.39 is 0 Å². The van der Waals surface area contributed by atoms with E-state index in [9.17, 15) is 5.11 Å². The van der Waals surface area contributed by atoms with Crippen LogP contribution in [0.25, 0.3) is 0 Å². The Balaban J connectivity index is 2.12. The highest BCUT2D eigenvalue weighted by Gasteiger charge is 2.19. The van der Waals surface area contributed by atoms with Gasteiger partial charge in [-0.2, -0.15) is 0 Å². The maximum absolute atomic E-state index is 9.36. The molecule has 1 heterocycles. The quantitative estimate of drug-likeness (QED) is 0.867. The summed E-state index contributed by atoms with van der Waals surface area (Å²) in [7, 11) is 0. The smallest absolute Gasteiger partial charge is 0.0522 e. The van der Waals surface area contributed by atoms with E-state index in [1.165, 1.54) is 43.6 Å². The third-order valence-corrected chi connectivity index (χ3v) is 3.77. The number of hydrogen-bond acceptors (Lipinski definition) is 2. The molecule has 0 amide bonds. The van der Waals surface area contributed by atoms with Gasteiger partial charge in [0, 0.05) is 24.2 Å². The number of aliphatic hydroxyl groups excluding tert-OH is 1. The van der Waals surface area contributed by atoms with E-state index in [-0.39, 0.29) is 12.0 Å². The Morgan fingerprint density at radius 3 is 2.18 bits per heavy atom. The van der Waals surface area contributed by atoms with E-state index in [4.69, 9.17) is 0 Å². The second kappa shape index (κ2) is 5.09. The van der Waals surface area contributed by atoms with Crippen molar-refractivity contribution in [2.24, 2.45) is 0 Å². The van der Waals surface area contributed by atoms with Crippen LogP contribution in [0.2, 0.25) is 0 Å². The molecule has 0 spiro atoms. The van der Waals surface area contributed by atoms with Gasteiger partial charge in [-0.25, -0.2) is 0 Å². The van der Waals surface area contributed by atoms with Gasteiger partial charge in [0.25, 0.3) is 0 Å². The lowest BCUT2D eigenvalue weighted by atomic mass is 9.85. The summed E-state index contributed by atoms with van der Waals surface area (Å²) in [5.41, 5.74) is 2.39. The third-order valence-electron chi connectivity index (χ3n) is 3.77. The molecule has 0 radical (unpaired) electrons. The fourth-order valence-corrected chi connectivity index (χ4v) is 2.37. The summed E-state index contributed by atoms with van der Waals surface area (Å²) in [4.78, 5) is 2.46. The molecule has 1 fully saturated rings. The molecule has 0 aliphatic carbocycles. The molecule has 1 aliphatic rings. The minimum atomic E-state index is -0.138. The summed E-state index contributed by atoms with van der Waals surface area (Å²) in [5, 5.41) is 9.36. The molecule has 1 aliphatic heterocycles. The topological polar surface area (TPSA) is 23.5 Å². The minimum Gasteiger partial charge on any atom is -0.395 e. The highest BCUT2D eigenvalue weighted by molar-refractivity contribution is 5.48. The van der Waals surface area contributed by atoms with Gasteiger partial charge in [-0.3, -0.25) is 0 Å². The standard InChI is InChI=1S/C15H23NO/c1-15(2,12-17)13-6-8-14(9-7-13)16-10-4-3-5-11-16/h6-9,17H,3-5,10-12H2,1-2H3. The number of benzene rings is 1. The van der Waals surface area contributed by atoms with Gasteiger partial charge in [0.2, 0.25) is 0 Å². The van der Waals surface area contributed by atoms with Crippen molar-refractivity contribution in [3.8, 4) is 0 Å². The van der Waals surface area contributed by atoms with Crippen LogP contribution in [0.4, 0.5) is 5.69 Å². The van der Waals surface area contributed by atoms with Crippen LogP contribution in [-0.2, 0) is 5.41 Å². The number of anilines is 1. The summed E-state index contributed by atoms with van der Waals surface area (Å²) in [6.45, 7) is 6.70. The zero-order chi connectivity index (χ0) is 12.3. The Morgan fingerprint density at radius 2 is 1.65 bits per heavy atom. The highest BCUT2D eigenvalue weighted by atomic mass is 16.3. The van der Waals surface area contributed by atoms with Crippen molar-refractivity contribution in [1.29, 1.82) is 0 Å². The number of aliphatic hydroxyl groups is 1. The molecule has 17 heavy (non-hydrogen) atoms. The molecule has 1 saturated heterocycles. The van der Waals surface area contributed by atoms with Gasteiger partial charge in [-0.15, -0.1) is 0 Å².